The van der Waals surface area contributed by atoms with E-state index in [1.165, 1.54) is 21.0 Å². The number of hydrogen-bond acceptors (Lipinski definition) is 4. The number of rotatable bonds is 5. The van der Waals surface area contributed by atoms with Crippen molar-refractivity contribution in [2.45, 2.75) is 24.3 Å². The van der Waals surface area contributed by atoms with Crippen molar-refractivity contribution in [2.24, 2.45) is 0 Å². The number of carbonyl (C=O) groups is 2. The highest BCUT2D eigenvalue weighted by atomic mass is 35.5. The van der Waals surface area contributed by atoms with E-state index in [0.717, 1.165) is 0 Å². The van der Waals surface area contributed by atoms with E-state index in [1.54, 1.807) is 24.3 Å². The largest absolute Gasteiger partial charge is 0.497 e. The van der Waals surface area contributed by atoms with Crippen LogP contribution in [-0.4, -0.2) is 23.2 Å². The highest BCUT2D eigenvalue weighted by Gasteiger charge is 2.43. The van der Waals surface area contributed by atoms with Crippen molar-refractivity contribution < 1.29 is 19.1 Å². The summed E-state index contributed by atoms with van der Waals surface area (Å²) >= 11 is 12.0. The zero-order valence-electron chi connectivity index (χ0n) is 10.8. The van der Waals surface area contributed by atoms with E-state index in [-0.39, 0.29) is 0 Å². The molecule has 0 fully saturated rings. The third-order valence-electron chi connectivity index (χ3n) is 2.50. The van der Waals surface area contributed by atoms with Crippen LogP contribution in [-0.2, 0) is 14.3 Å². The Morgan fingerprint density at radius 2 is 1.68 bits per heavy atom. The van der Waals surface area contributed by atoms with Gasteiger partial charge in [-0.1, -0.05) is 35.3 Å². The number of methoxy groups -OCH3 is 1. The lowest BCUT2D eigenvalue weighted by Crippen LogP contribution is -2.34. The highest BCUT2D eigenvalue weighted by Crippen LogP contribution is 2.40. The Balaban J connectivity index is 3.15. The molecular formula is C13H14Cl2O4. The number of carbonyl (C=O) groups excluding carboxylic acids is 2. The first kappa shape index (κ1) is 15.8. The maximum atomic E-state index is 11.5. The lowest BCUT2D eigenvalue weighted by molar-refractivity contribution is -0.148. The second-order valence-electron chi connectivity index (χ2n) is 3.94. The average Bonchev–Trinajstić information content (AvgIpc) is 2.35. The summed E-state index contributed by atoms with van der Waals surface area (Å²) in [6.07, 6.45) is -1.07. The lowest BCUT2D eigenvalue weighted by Gasteiger charge is -2.27. The van der Waals surface area contributed by atoms with Crippen LogP contribution in [0.5, 0.6) is 5.75 Å². The molecule has 0 spiro atoms. The number of ketones is 1. The molecule has 0 N–H and O–H groups in total. The second-order valence-corrected chi connectivity index (χ2v) is 5.33. The van der Waals surface area contributed by atoms with Crippen LogP contribution in [0.4, 0.5) is 0 Å². The van der Waals surface area contributed by atoms with Crippen LogP contribution in [0.15, 0.2) is 24.3 Å². The van der Waals surface area contributed by atoms with E-state index in [0.29, 0.717) is 11.3 Å². The van der Waals surface area contributed by atoms with Gasteiger partial charge in [-0.15, -0.1) is 0 Å². The Morgan fingerprint density at radius 3 is 2.05 bits per heavy atom. The van der Waals surface area contributed by atoms with Gasteiger partial charge in [-0.05, 0) is 24.6 Å². The molecule has 104 valence electrons. The highest BCUT2D eigenvalue weighted by molar-refractivity contribution is 6.58. The molecule has 1 rings (SSSR count). The summed E-state index contributed by atoms with van der Waals surface area (Å²) in [5.74, 6) is -0.450. The van der Waals surface area contributed by atoms with Gasteiger partial charge in [0.05, 0.1) is 7.11 Å². The van der Waals surface area contributed by atoms with Gasteiger partial charge in [0.2, 0.25) is 4.33 Å². The zero-order valence-corrected chi connectivity index (χ0v) is 12.3. The Hall–Kier alpha value is -1.26. The fourth-order valence-electron chi connectivity index (χ4n) is 1.48. The van der Waals surface area contributed by atoms with Crippen molar-refractivity contribution >= 4 is 35.0 Å². The summed E-state index contributed by atoms with van der Waals surface area (Å²) in [5.41, 5.74) is 0.510. The van der Waals surface area contributed by atoms with Crippen molar-refractivity contribution in [1.29, 1.82) is 0 Å². The molecule has 0 aromatic heterocycles. The van der Waals surface area contributed by atoms with Crippen LogP contribution in [0.3, 0.4) is 0 Å². The van der Waals surface area contributed by atoms with Gasteiger partial charge in [0.15, 0.2) is 11.9 Å². The van der Waals surface area contributed by atoms with E-state index in [2.05, 4.69) is 0 Å². The van der Waals surface area contributed by atoms with Crippen molar-refractivity contribution in [1.82, 2.24) is 0 Å². The number of benzene rings is 1. The Bertz CT molecular complexity index is 468. The van der Waals surface area contributed by atoms with Crippen LogP contribution in [0.2, 0.25) is 0 Å². The van der Waals surface area contributed by atoms with Crippen LogP contribution < -0.4 is 4.74 Å². The molecule has 0 amide bonds. The first-order valence-electron chi connectivity index (χ1n) is 5.49. The SMILES string of the molecule is COc1ccc([C@@H](OC(C)=O)C(Cl)(Cl)C(C)=O)cc1. The van der Waals surface area contributed by atoms with E-state index in [9.17, 15) is 9.59 Å². The van der Waals surface area contributed by atoms with Crippen LogP contribution in [0.1, 0.15) is 25.5 Å². The quantitative estimate of drug-likeness (QED) is 0.620. The maximum Gasteiger partial charge on any atom is 0.303 e. The number of alkyl halides is 2. The molecule has 0 aliphatic carbocycles. The third kappa shape index (κ3) is 3.85. The molecule has 0 aliphatic rings. The molecule has 19 heavy (non-hydrogen) atoms. The van der Waals surface area contributed by atoms with Crippen LogP contribution in [0, 0.1) is 0 Å². The summed E-state index contributed by atoms with van der Waals surface area (Å²) in [6, 6.07) is 6.59. The van der Waals surface area contributed by atoms with Crippen LogP contribution in [0.25, 0.3) is 0 Å². The molecule has 1 aromatic carbocycles. The number of ether oxygens (including phenoxy) is 2. The van der Waals surface area contributed by atoms with E-state index in [4.69, 9.17) is 32.7 Å². The van der Waals surface area contributed by atoms with Gasteiger partial charge in [0.1, 0.15) is 5.75 Å². The Labute approximate surface area is 121 Å². The monoisotopic (exact) mass is 304 g/mol. The van der Waals surface area contributed by atoms with E-state index >= 15 is 0 Å². The summed E-state index contributed by atoms with van der Waals surface area (Å²) in [6.45, 7) is 2.46. The molecule has 6 heteroatoms. The summed E-state index contributed by atoms with van der Waals surface area (Å²) < 4.78 is 8.26. The van der Waals surface area contributed by atoms with Gasteiger partial charge in [0, 0.05) is 6.92 Å². The molecule has 0 bridgehead atoms. The van der Waals surface area contributed by atoms with Gasteiger partial charge < -0.3 is 9.47 Å². The number of esters is 1. The standard InChI is InChI=1S/C13H14Cl2O4/c1-8(16)13(14,15)12(19-9(2)17)10-4-6-11(18-3)7-5-10/h4-7,12H,1-3H3/t12-/m1/s1. The molecule has 0 unspecified atom stereocenters. The van der Waals surface area contributed by atoms with E-state index < -0.39 is 22.2 Å². The summed E-state index contributed by atoms with van der Waals surface area (Å²) in [7, 11) is 1.53. The topological polar surface area (TPSA) is 52.6 Å². The third-order valence-corrected chi connectivity index (χ3v) is 3.43. The normalized spacial score (nSPS) is 12.7. The molecule has 0 heterocycles. The van der Waals surface area contributed by atoms with Crippen molar-refractivity contribution in [3.8, 4) is 5.75 Å². The minimum absolute atomic E-state index is 0.502. The van der Waals surface area contributed by atoms with Gasteiger partial charge in [-0.25, -0.2) is 0 Å². The average molecular weight is 305 g/mol. The minimum atomic E-state index is -1.83. The van der Waals surface area contributed by atoms with E-state index in [1.807, 2.05) is 0 Å². The second kappa shape index (κ2) is 6.26. The number of hydrogen-bond donors (Lipinski definition) is 0. The van der Waals surface area contributed by atoms with Crippen molar-refractivity contribution in [3.63, 3.8) is 0 Å². The molecule has 0 saturated heterocycles. The molecular weight excluding hydrogens is 291 g/mol. The lowest BCUT2D eigenvalue weighted by atomic mass is 10.0. The first-order valence-corrected chi connectivity index (χ1v) is 6.24. The van der Waals surface area contributed by atoms with Gasteiger partial charge in [-0.3, -0.25) is 9.59 Å². The summed E-state index contributed by atoms with van der Waals surface area (Å²) in [5, 5.41) is 0. The Kier molecular flexibility index (Phi) is 5.20. The molecule has 0 aliphatic heterocycles. The predicted molar refractivity (Wildman–Crippen MR) is 72.6 cm³/mol. The van der Waals surface area contributed by atoms with Gasteiger partial charge in [-0.2, -0.15) is 0 Å². The zero-order chi connectivity index (χ0) is 14.6. The smallest absolute Gasteiger partial charge is 0.303 e. The maximum absolute atomic E-state index is 11.5. The van der Waals surface area contributed by atoms with Gasteiger partial charge in [0.25, 0.3) is 0 Å². The Morgan fingerprint density at radius 1 is 1.16 bits per heavy atom. The summed E-state index contributed by atoms with van der Waals surface area (Å²) in [4.78, 5) is 22.6. The number of Topliss-reactive ketones (excluding diaryl/α,β-unsaturated/α-hetero) is 1. The van der Waals surface area contributed by atoms with Crippen molar-refractivity contribution in [2.75, 3.05) is 7.11 Å². The molecule has 1 atom stereocenters. The first-order chi connectivity index (χ1) is 8.78. The molecule has 0 radical (unpaired) electrons. The number of halogens is 2. The minimum Gasteiger partial charge on any atom is -0.497 e. The molecule has 0 saturated carbocycles. The predicted octanol–water partition coefficient (Wildman–Crippen LogP) is 3.06. The molecule has 1 aromatic rings. The van der Waals surface area contributed by atoms with Gasteiger partial charge >= 0.3 is 5.97 Å². The van der Waals surface area contributed by atoms with Crippen molar-refractivity contribution in [3.05, 3.63) is 29.8 Å². The fraction of sp³-hybridized carbons (Fsp3) is 0.385. The fourth-order valence-corrected chi connectivity index (χ4v) is 1.82. The van der Waals surface area contributed by atoms with Crippen LogP contribution >= 0.6 is 23.2 Å². The molecule has 4 nitrogen and oxygen atoms in total.